The van der Waals surface area contributed by atoms with E-state index in [4.69, 9.17) is 0 Å². The van der Waals surface area contributed by atoms with Crippen LogP contribution in [0.15, 0.2) is 6.20 Å². The Morgan fingerprint density at radius 2 is 2.42 bits per heavy atom. The predicted molar refractivity (Wildman–Crippen MR) is 50.5 cm³/mol. The van der Waals surface area contributed by atoms with Crippen LogP contribution in [0.25, 0.3) is 0 Å². The maximum absolute atomic E-state index is 4.21. The molecule has 0 bridgehead atoms. The number of hydrogen-bond donors (Lipinski definition) is 2. The summed E-state index contributed by atoms with van der Waals surface area (Å²) >= 11 is 0. The van der Waals surface area contributed by atoms with Crippen LogP contribution < -0.4 is 10.2 Å². The van der Waals surface area contributed by atoms with Crippen LogP contribution in [0, 0.1) is 6.92 Å². The van der Waals surface area contributed by atoms with Gasteiger partial charge in [0.1, 0.15) is 0 Å². The lowest BCUT2D eigenvalue weighted by Crippen LogP contribution is -2.27. The Morgan fingerprint density at radius 1 is 1.67 bits per heavy atom. The van der Waals surface area contributed by atoms with E-state index in [0.717, 1.165) is 24.7 Å². The van der Waals surface area contributed by atoms with Crippen molar-refractivity contribution in [2.75, 3.05) is 32.1 Å². The van der Waals surface area contributed by atoms with Crippen molar-refractivity contribution in [1.29, 1.82) is 0 Å². The molecule has 0 aliphatic carbocycles. The zero-order chi connectivity index (χ0) is 8.97. The molecular formula is C8H16N4. The van der Waals surface area contributed by atoms with Gasteiger partial charge in [-0.05, 0) is 14.0 Å². The van der Waals surface area contributed by atoms with Gasteiger partial charge in [-0.25, -0.2) is 4.98 Å². The number of aromatic amines is 1. The van der Waals surface area contributed by atoms with Crippen molar-refractivity contribution >= 4 is 5.95 Å². The molecule has 68 valence electrons. The van der Waals surface area contributed by atoms with Gasteiger partial charge in [0.2, 0.25) is 5.95 Å². The van der Waals surface area contributed by atoms with E-state index >= 15 is 0 Å². The molecule has 0 aromatic carbocycles. The van der Waals surface area contributed by atoms with Crippen LogP contribution in [0.5, 0.6) is 0 Å². The van der Waals surface area contributed by atoms with Gasteiger partial charge in [0.15, 0.2) is 0 Å². The number of rotatable bonds is 4. The number of aromatic nitrogens is 2. The maximum Gasteiger partial charge on any atom is 0.202 e. The number of likely N-dealkylation sites (N-methyl/N-ethyl adjacent to an activating group) is 2. The highest BCUT2D eigenvalue weighted by Crippen LogP contribution is 2.04. The van der Waals surface area contributed by atoms with Crippen molar-refractivity contribution in [1.82, 2.24) is 15.3 Å². The van der Waals surface area contributed by atoms with Crippen molar-refractivity contribution in [3.8, 4) is 0 Å². The fraction of sp³-hybridized carbons (Fsp3) is 0.625. The predicted octanol–water partition coefficient (Wildman–Crippen LogP) is 0.374. The van der Waals surface area contributed by atoms with Crippen molar-refractivity contribution in [3.05, 3.63) is 11.9 Å². The first-order valence-electron chi connectivity index (χ1n) is 4.11. The van der Waals surface area contributed by atoms with E-state index in [1.54, 1.807) is 0 Å². The highest BCUT2D eigenvalue weighted by Gasteiger charge is 2.01. The first-order valence-corrected chi connectivity index (χ1v) is 4.11. The standard InChI is InChI=1S/C8H16N4/c1-7-6-10-8(11-7)12(3)5-4-9-2/h6,9H,4-5H2,1-3H3,(H,10,11). The summed E-state index contributed by atoms with van der Waals surface area (Å²) in [7, 11) is 3.97. The number of nitrogens with zero attached hydrogens (tertiary/aromatic N) is 2. The molecule has 0 unspecified atom stereocenters. The normalized spacial score (nSPS) is 10.2. The number of nitrogens with one attached hydrogen (secondary N) is 2. The molecule has 2 N–H and O–H groups in total. The maximum atomic E-state index is 4.21. The number of hydrogen-bond acceptors (Lipinski definition) is 3. The van der Waals surface area contributed by atoms with Crippen molar-refractivity contribution in [2.45, 2.75) is 6.92 Å². The molecule has 1 aromatic heterocycles. The van der Waals surface area contributed by atoms with Crippen LogP contribution in [-0.4, -0.2) is 37.2 Å². The van der Waals surface area contributed by atoms with E-state index in [1.807, 2.05) is 27.2 Å². The van der Waals surface area contributed by atoms with E-state index in [0.29, 0.717) is 0 Å². The summed E-state index contributed by atoms with van der Waals surface area (Å²) in [6.45, 7) is 3.93. The third-order valence-corrected chi connectivity index (χ3v) is 1.75. The Bertz CT molecular complexity index is 231. The molecule has 0 atom stereocenters. The third kappa shape index (κ3) is 2.23. The second-order valence-electron chi connectivity index (χ2n) is 2.91. The number of imidazole rings is 1. The average Bonchev–Trinajstić information content (AvgIpc) is 2.47. The Hall–Kier alpha value is -1.03. The van der Waals surface area contributed by atoms with Crippen LogP contribution in [0.4, 0.5) is 5.95 Å². The largest absolute Gasteiger partial charge is 0.344 e. The Balaban J connectivity index is 2.47. The summed E-state index contributed by atoms with van der Waals surface area (Å²) in [5.74, 6) is 0.933. The Kier molecular flexibility index (Phi) is 3.10. The molecule has 0 radical (unpaired) electrons. The molecule has 0 amide bonds. The molecule has 1 rings (SSSR count). The first-order chi connectivity index (χ1) is 5.74. The number of anilines is 1. The summed E-state index contributed by atoms with van der Waals surface area (Å²) in [4.78, 5) is 9.47. The summed E-state index contributed by atoms with van der Waals surface area (Å²) in [6.07, 6.45) is 1.84. The molecule has 4 heteroatoms. The molecule has 0 saturated carbocycles. The number of aryl methyl sites for hydroxylation is 1. The van der Waals surface area contributed by atoms with Gasteiger partial charge >= 0.3 is 0 Å². The molecular weight excluding hydrogens is 152 g/mol. The zero-order valence-electron chi connectivity index (χ0n) is 7.89. The summed E-state index contributed by atoms with van der Waals surface area (Å²) in [5.41, 5.74) is 1.10. The van der Waals surface area contributed by atoms with E-state index in [2.05, 4.69) is 20.2 Å². The lowest BCUT2D eigenvalue weighted by Gasteiger charge is -2.14. The first kappa shape index (κ1) is 9.06. The molecule has 0 saturated heterocycles. The van der Waals surface area contributed by atoms with Gasteiger partial charge in [0.25, 0.3) is 0 Å². The van der Waals surface area contributed by atoms with Crippen LogP contribution in [0.3, 0.4) is 0 Å². The van der Waals surface area contributed by atoms with E-state index in [-0.39, 0.29) is 0 Å². The van der Waals surface area contributed by atoms with E-state index in [1.165, 1.54) is 0 Å². The van der Waals surface area contributed by atoms with E-state index < -0.39 is 0 Å². The lowest BCUT2D eigenvalue weighted by atomic mass is 10.5. The minimum Gasteiger partial charge on any atom is -0.344 e. The van der Waals surface area contributed by atoms with Gasteiger partial charge in [-0.2, -0.15) is 0 Å². The van der Waals surface area contributed by atoms with Crippen LogP contribution in [-0.2, 0) is 0 Å². The SMILES string of the molecule is CNCCN(C)c1ncc(C)[nH]1. The van der Waals surface area contributed by atoms with Crippen LogP contribution >= 0.6 is 0 Å². The van der Waals surface area contributed by atoms with E-state index in [9.17, 15) is 0 Å². The molecule has 0 aliphatic heterocycles. The van der Waals surface area contributed by atoms with Crippen molar-refractivity contribution < 1.29 is 0 Å². The van der Waals surface area contributed by atoms with Gasteiger partial charge in [-0.1, -0.05) is 0 Å². The number of H-pyrrole nitrogens is 1. The fourth-order valence-corrected chi connectivity index (χ4v) is 0.978. The molecule has 4 nitrogen and oxygen atoms in total. The second kappa shape index (κ2) is 4.11. The fourth-order valence-electron chi connectivity index (χ4n) is 0.978. The van der Waals surface area contributed by atoms with Gasteiger partial charge in [0.05, 0.1) is 0 Å². The van der Waals surface area contributed by atoms with Crippen molar-refractivity contribution in [3.63, 3.8) is 0 Å². The van der Waals surface area contributed by atoms with Gasteiger partial charge in [-0.3, -0.25) is 0 Å². The topological polar surface area (TPSA) is 44.0 Å². The Morgan fingerprint density at radius 3 is 2.92 bits per heavy atom. The Labute approximate surface area is 73.0 Å². The molecule has 12 heavy (non-hydrogen) atoms. The molecule has 0 fully saturated rings. The van der Waals surface area contributed by atoms with Gasteiger partial charge in [0, 0.05) is 32.0 Å². The minimum atomic E-state index is 0.933. The van der Waals surface area contributed by atoms with Gasteiger partial charge in [-0.15, -0.1) is 0 Å². The summed E-state index contributed by atoms with van der Waals surface area (Å²) in [6, 6.07) is 0. The lowest BCUT2D eigenvalue weighted by molar-refractivity contribution is 0.756. The monoisotopic (exact) mass is 168 g/mol. The van der Waals surface area contributed by atoms with Crippen LogP contribution in [0.2, 0.25) is 0 Å². The highest BCUT2D eigenvalue weighted by atomic mass is 15.2. The second-order valence-corrected chi connectivity index (χ2v) is 2.91. The summed E-state index contributed by atoms with van der Waals surface area (Å²) in [5, 5.41) is 3.09. The van der Waals surface area contributed by atoms with Gasteiger partial charge < -0.3 is 15.2 Å². The minimum absolute atomic E-state index is 0.933. The smallest absolute Gasteiger partial charge is 0.202 e. The van der Waals surface area contributed by atoms with Crippen molar-refractivity contribution in [2.24, 2.45) is 0 Å². The third-order valence-electron chi connectivity index (χ3n) is 1.75. The molecule has 1 heterocycles. The molecule has 0 spiro atoms. The molecule has 1 aromatic rings. The highest BCUT2D eigenvalue weighted by molar-refractivity contribution is 5.29. The summed E-state index contributed by atoms with van der Waals surface area (Å²) < 4.78 is 0. The average molecular weight is 168 g/mol. The molecule has 0 aliphatic rings. The zero-order valence-corrected chi connectivity index (χ0v) is 7.89. The quantitative estimate of drug-likeness (QED) is 0.683. The van der Waals surface area contributed by atoms with Crippen LogP contribution in [0.1, 0.15) is 5.69 Å².